The fraction of sp³-hybridized carbons (Fsp3) is 0.586. The summed E-state index contributed by atoms with van der Waals surface area (Å²) in [6.07, 6.45) is 2.37. The van der Waals surface area contributed by atoms with E-state index in [1.165, 1.54) is 21.3 Å². The minimum atomic E-state index is -3.66. The Morgan fingerprint density at radius 3 is 2.43 bits per heavy atom. The van der Waals surface area contributed by atoms with Gasteiger partial charge in [-0.15, -0.1) is 0 Å². The molecule has 1 aliphatic carbocycles. The van der Waals surface area contributed by atoms with Gasteiger partial charge in [-0.1, -0.05) is 12.1 Å². The van der Waals surface area contributed by atoms with Crippen molar-refractivity contribution < 1.29 is 36.0 Å². The zero-order valence-corrected chi connectivity index (χ0v) is 25.8. The Balaban J connectivity index is 1.33. The molecular weight excluding hydrogens is 597 g/mol. The highest BCUT2D eigenvalue weighted by molar-refractivity contribution is 7.90. The molecule has 0 spiro atoms. The molecule has 0 unspecified atom stereocenters. The van der Waals surface area contributed by atoms with Crippen LogP contribution in [0.15, 0.2) is 37.9 Å². The van der Waals surface area contributed by atoms with Gasteiger partial charge in [0.15, 0.2) is 5.76 Å². The number of benzene rings is 1. The van der Waals surface area contributed by atoms with Gasteiger partial charge in [-0.05, 0) is 70.7 Å². The number of rotatable bonds is 10. The number of amides is 3. The maximum Gasteiger partial charge on any atom is 0.519 e. The lowest BCUT2D eigenvalue weighted by molar-refractivity contribution is -0.145. The Morgan fingerprint density at radius 2 is 1.80 bits per heavy atom. The first-order chi connectivity index (χ1) is 20.8. The van der Waals surface area contributed by atoms with Gasteiger partial charge in [-0.2, -0.15) is 4.31 Å². The number of nitrogens with zero attached hydrogens (tertiary/aromatic N) is 3. The third kappa shape index (κ3) is 6.89. The first-order valence-corrected chi connectivity index (χ1v) is 16.3. The quantitative estimate of drug-likeness (QED) is 0.386. The average Bonchev–Trinajstić information content (AvgIpc) is 3.69. The summed E-state index contributed by atoms with van der Waals surface area (Å²) in [7, 11) is -2.02. The highest BCUT2D eigenvalue weighted by atomic mass is 32.2. The van der Waals surface area contributed by atoms with Crippen LogP contribution in [0, 0.1) is 12.7 Å². The van der Waals surface area contributed by atoms with Crippen LogP contribution in [-0.2, 0) is 37.5 Å². The monoisotopic (exact) mass is 635 g/mol. The van der Waals surface area contributed by atoms with Crippen LogP contribution in [0.3, 0.4) is 0 Å². The molecule has 44 heavy (non-hydrogen) atoms. The lowest BCUT2D eigenvalue weighted by atomic mass is 10.1. The van der Waals surface area contributed by atoms with Gasteiger partial charge in [0.25, 0.3) is 0 Å². The predicted octanol–water partition coefficient (Wildman–Crippen LogP) is 0.859. The van der Waals surface area contributed by atoms with E-state index in [2.05, 4.69) is 10.6 Å². The van der Waals surface area contributed by atoms with E-state index >= 15 is 0 Å². The summed E-state index contributed by atoms with van der Waals surface area (Å²) in [6.45, 7) is 3.33. The zero-order chi connectivity index (χ0) is 31.8. The van der Waals surface area contributed by atoms with Crippen LogP contribution < -0.4 is 16.5 Å². The first-order valence-electron chi connectivity index (χ1n) is 14.8. The number of likely N-dealkylation sites (N-methyl/N-ethyl adjacent to an activating group) is 1. The highest BCUT2D eigenvalue weighted by Gasteiger charge is 2.48. The molecular formula is C29H38FN5O8S. The van der Waals surface area contributed by atoms with Crippen LogP contribution in [0.5, 0.6) is 0 Å². The number of fused-ring (bicyclic) bond motifs is 1. The molecule has 1 aromatic heterocycles. The van der Waals surface area contributed by atoms with Gasteiger partial charge in [0, 0.05) is 25.7 Å². The van der Waals surface area contributed by atoms with Crippen molar-refractivity contribution in [1.82, 2.24) is 24.7 Å². The molecule has 3 heterocycles. The molecule has 3 amide bonds. The third-order valence-corrected chi connectivity index (χ3v) is 11.1. The summed E-state index contributed by atoms with van der Waals surface area (Å²) >= 11 is 0. The van der Waals surface area contributed by atoms with Crippen molar-refractivity contribution in [3.8, 4) is 0 Å². The summed E-state index contributed by atoms with van der Waals surface area (Å²) in [5, 5.41) is 5.10. The molecule has 2 saturated heterocycles. The number of hydrogen-bond donors (Lipinski definition) is 2. The van der Waals surface area contributed by atoms with Crippen LogP contribution in [0.25, 0.3) is 0 Å². The summed E-state index contributed by atoms with van der Waals surface area (Å²) in [6, 6.07) is 2.52. The van der Waals surface area contributed by atoms with Crippen LogP contribution >= 0.6 is 0 Å². The van der Waals surface area contributed by atoms with Gasteiger partial charge >= 0.3 is 5.82 Å². The summed E-state index contributed by atoms with van der Waals surface area (Å²) in [5.41, 5.74) is 0.697. The topological polar surface area (TPSA) is 162 Å². The fourth-order valence-corrected chi connectivity index (χ4v) is 7.67. The largest absolute Gasteiger partial charge is 0.519 e. The molecule has 3 aliphatic rings. The fourth-order valence-electron chi connectivity index (χ4n) is 5.80. The van der Waals surface area contributed by atoms with Crippen LogP contribution in [0.1, 0.15) is 56.1 Å². The van der Waals surface area contributed by atoms with E-state index in [9.17, 15) is 32.0 Å². The molecule has 5 rings (SSSR count). The van der Waals surface area contributed by atoms with Crippen LogP contribution in [0.4, 0.5) is 4.39 Å². The van der Waals surface area contributed by atoms with Crippen LogP contribution in [-0.4, -0.2) is 89.8 Å². The third-order valence-electron chi connectivity index (χ3n) is 8.73. The van der Waals surface area contributed by atoms with E-state index in [1.54, 1.807) is 37.9 Å². The Bertz CT molecular complexity index is 1550. The molecule has 2 N–H and O–H groups in total. The van der Waals surface area contributed by atoms with Gasteiger partial charge in [0.2, 0.25) is 27.7 Å². The van der Waals surface area contributed by atoms with Crippen molar-refractivity contribution in [1.29, 1.82) is 0 Å². The number of sulfonamides is 1. The van der Waals surface area contributed by atoms with Crippen molar-refractivity contribution in [3.05, 3.63) is 57.8 Å². The second-order valence-corrected chi connectivity index (χ2v) is 14.0. The Hall–Kier alpha value is -3.56. The van der Waals surface area contributed by atoms with Gasteiger partial charge in [0.05, 0.1) is 17.8 Å². The Kier molecular flexibility index (Phi) is 9.28. The standard InChI is InChI=1S/C29H38FN5O8S/c1-17(33(3)16-25-18(2)42-29(39)43-25)26(36)32-23-15-34(44(40,41)22-9-10-22)13-12-21-8-11-24(35(21)28(23)38)27(37)31-14-19-4-6-20(30)7-5-19/h4-7,17,21-24H,8-16H2,1-3H3,(H,31,37)(H,32,36)/t17-,21+,23-,24-/m0/s1. The Labute approximate surface area is 254 Å². The molecule has 0 radical (unpaired) electrons. The summed E-state index contributed by atoms with van der Waals surface area (Å²) in [5.74, 6) is -2.12. The van der Waals surface area contributed by atoms with Crippen molar-refractivity contribution in [3.63, 3.8) is 0 Å². The van der Waals surface area contributed by atoms with Gasteiger partial charge in [-0.3, -0.25) is 19.3 Å². The highest BCUT2D eigenvalue weighted by Crippen LogP contribution is 2.34. The van der Waals surface area contributed by atoms with E-state index in [1.807, 2.05) is 0 Å². The first kappa shape index (κ1) is 31.9. The number of carbonyl (C=O) groups excluding carboxylic acids is 3. The molecule has 0 bridgehead atoms. The normalized spacial score (nSPS) is 23.6. The van der Waals surface area contributed by atoms with Crippen molar-refractivity contribution in [2.45, 2.75) is 88.5 Å². The van der Waals surface area contributed by atoms with E-state index in [0.717, 1.165) is 0 Å². The molecule has 13 nitrogen and oxygen atoms in total. The number of halogens is 1. The van der Waals surface area contributed by atoms with Crippen molar-refractivity contribution in [2.24, 2.45) is 0 Å². The van der Waals surface area contributed by atoms with E-state index in [0.29, 0.717) is 37.7 Å². The maximum atomic E-state index is 14.1. The SMILES string of the molecule is Cc1oc(=O)oc1CN(C)[C@@H](C)C(=O)N[C@H]1CN(S(=O)(=O)C2CC2)CC[C@H]2CC[C@@H](C(=O)NCc3ccc(F)cc3)N2C1=O. The Morgan fingerprint density at radius 1 is 1.09 bits per heavy atom. The minimum absolute atomic E-state index is 0.0808. The lowest BCUT2D eigenvalue weighted by Crippen LogP contribution is -2.62. The molecule has 240 valence electrons. The zero-order valence-electron chi connectivity index (χ0n) is 25.0. The number of aryl methyl sites for hydroxylation is 1. The van der Waals surface area contributed by atoms with E-state index in [4.69, 9.17) is 8.83 Å². The smallest absolute Gasteiger partial charge is 0.396 e. The predicted molar refractivity (Wildman–Crippen MR) is 155 cm³/mol. The summed E-state index contributed by atoms with van der Waals surface area (Å²) in [4.78, 5) is 55.4. The van der Waals surface area contributed by atoms with Gasteiger partial charge in [-0.25, -0.2) is 17.6 Å². The van der Waals surface area contributed by atoms with Crippen LogP contribution in [0.2, 0.25) is 0 Å². The van der Waals surface area contributed by atoms with E-state index in [-0.39, 0.29) is 55.5 Å². The molecule has 1 aromatic carbocycles. The molecule has 2 aromatic rings. The molecule has 1 saturated carbocycles. The number of carbonyl (C=O) groups is 3. The summed E-state index contributed by atoms with van der Waals surface area (Å²) < 4.78 is 51.1. The number of hydrogen-bond acceptors (Lipinski definition) is 9. The molecule has 15 heteroatoms. The molecule has 2 aliphatic heterocycles. The van der Waals surface area contributed by atoms with Crippen molar-refractivity contribution in [2.75, 3.05) is 20.1 Å². The van der Waals surface area contributed by atoms with E-state index < -0.39 is 51.0 Å². The second kappa shape index (κ2) is 12.8. The minimum Gasteiger partial charge on any atom is -0.396 e. The van der Waals surface area contributed by atoms with Gasteiger partial charge in [0.1, 0.15) is 23.7 Å². The second-order valence-electron chi connectivity index (χ2n) is 11.8. The molecule has 4 atom stereocenters. The van der Waals surface area contributed by atoms with Gasteiger partial charge < -0.3 is 24.4 Å². The average molecular weight is 636 g/mol. The maximum absolute atomic E-state index is 14.1. The van der Waals surface area contributed by atoms with Crippen molar-refractivity contribution >= 4 is 27.7 Å². The molecule has 3 fully saturated rings. The number of nitrogens with one attached hydrogen (secondary N) is 2. The lowest BCUT2D eigenvalue weighted by Gasteiger charge is -2.38.